The molecule has 2 aromatic carbocycles. The molecule has 2 aromatic rings. The van der Waals surface area contributed by atoms with Crippen LogP contribution in [0.3, 0.4) is 0 Å². The number of rotatable bonds is 12. The van der Waals surface area contributed by atoms with Crippen LogP contribution in [0.4, 0.5) is 0 Å². The first-order valence-electron chi connectivity index (χ1n) is 12.0. The van der Waals surface area contributed by atoms with Gasteiger partial charge >= 0.3 is 5.97 Å². The van der Waals surface area contributed by atoms with Gasteiger partial charge in [-0.2, -0.15) is 0 Å². The number of carbonyl (C=O) groups excluding carboxylic acids is 1. The summed E-state index contributed by atoms with van der Waals surface area (Å²) in [6.07, 6.45) is -1.82. The molecule has 3 rings (SSSR count). The number of hydrogen-bond acceptors (Lipinski definition) is 7. The fraction of sp³-hybridized carbons (Fsp3) is 0.481. The van der Waals surface area contributed by atoms with Gasteiger partial charge in [0.1, 0.15) is 12.2 Å². The Morgan fingerprint density at radius 3 is 2.20 bits per heavy atom. The zero-order chi connectivity index (χ0) is 25.0. The van der Waals surface area contributed by atoms with Crippen LogP contribution in [0.1, 0.15) is 31.4 Å². The van der Waals surface area contributed by atoms with Crippen LogP contribution in [-0.4, -0.2) is 67.3 Å². The van der Waals surface area contributed by atoms with E-state index in [0.29, 0.717) is 24.8 Å². The lowest BCUT2D eigenvalue weighted by Gasteiger charge is -2.26. The number of methoxy groups -OCH3 is 1. The van der Waals surface area contributed by atoms with Crippen LogP contribution in [-0.2, 0) is 41.7 Å². The summed E-state index contributed by atoms with van der Waals surface area (Å²) in [6.45, 7) is 6.54. The standard InChI is InChI=1S/C27H35NO6S/c1-4-28(5-2)27(35)34-22-16-23(33-24(22)19-31-17-20-12-8-6-9-13-20)25(26(29)30-3)32-18-21-14-10-7-11-15-21/h6-15,22-25H,4-5,16-19H2,1-3H3/t22-,23+,24+,25?/m0/s1. The summed E-state index contributed by atoms with van der Waals surface area (Å²) in [4.78, 5) is 14.6. The van der Waals surface area contributed by atoms with E-state index in [1.165, 1.54) is 7.11 Å². The zero-order valence-corrected chi connectivity index (χ0v) is 21.4. The first kappa shape index (κ1) is 27.1. The topological polar surface area (TPSA) is 66.5 Å². The van der Waals surface area contributed by atoms with Crippen LogP contribution in [0.5, 0.6) is 0 Å². The first-order valence-corrected chi connectivity index (χ1v) is 12.4. The van der Waals surface area contributed by atoms with E-state index >= 15 is 0 Å². The predicted molar refractivity (Wildman–Crippen MR) is 137 cm³/mol. The minimum absolute atomic E-state index is 0.263. The smallest absolute Gasteiger partial charge is 0.337 e. The van der Waals surface area contributed by atoms with Gasteiger partial charge in [-0.3, -0.25) is 0 Å². The van der Waals surface area contributed by atoms with Gasteiger partial charge in [-0.05, 0) is 37.2 Å². The van der Waals surface area contributed by atoms with Crippen molar-refractivity contribution >= 4 is 23.4 Å². The molecule has 4 atom stereocenters. The van der Waals surface area contributed by atoms with E-state index in [2.05, 4.69) is 0 Å². The molecular formula is C27H35NO6S. The largest absolute Gasteiger partial charge is 0.467 e. The maximum atomic E-state index is 12.6. The summed E-state index contributed by atoms with van der Waals surface area (Å²) < 4.78 is 29.4. The molecule has 0 saturated carbocycles. The van der Waals surface area contributed by atoms with Gasteiger partial charge in [0.15, 0.2) is 6.10 Å². The van der Waals surface area contributed by atoms with Crippen molar-refractivity contribution < 1.29 is 28.5 Å². The molecule has 0 aliphatic carbocycles. The third-order valence-electron chi connectivity index (χ3n) is 5.94. The Kier molecular flexibility index (Phi) is 10.9. The maximum absolute atomic E-state index is 12.6. The van der Waals surface area contributed by atoms with Crippen LogP contribution in [0, 0.1) is 0 Å². The van der Waals surface area contributed by atoms with E-state index in [4.69, 9.17) is 35.9 Å². The second-order valence-electron chi connectivity index (χ2n) is 8.28. The molecule has 0 amide bonds. The fourth-order valence-electron chi connectivity index (χ4n) is 3.97. The van der Waals surface area contributed by atoms with Crippen molar-refractivity contribution in [3.63, 3.8) is 0 Å². The van der Waals surface area contributed by atoms with Crippen LogP contribution in [0.15, 0.2) is 60.7 Å². The first-order chi connectivity index (χ1) is 17.0. The average molecular weight is 502 g/mol. The molecule has 35 heavy (non-hydrogen) atoms. The van der Waals surface area contributed by atoms with Gasteiger partial charge < -0.3 is 28.6 Å². The number of nitrogens with zero attached hydrogens (tertiary/aromatic N) is 1. The van der Waals surface area contributed by atoms with Crippen molar-refractivity contribution in [2.45, 2.75) is 57.9 Å². The minimum atomic E-state index is -0.896. The van der Waals surface area contributed by atoms with Crippen molar-refractivity contribution in [1.29, 1.82) is 0 Å². The second kappa shape index (κ2) is 14.1. The van der Waals surface area contributed by atoms with Crippen molar-refractivity contribution in [2.75, 3.05) is 26.8 Å². The molecule has 0 radical (unpaired) electrons. The Morgan fingerprint density at radius 2 is 1.63 bits per heavy atom. The van der Waals surface area contributed by atoms with Gasteiger partial charge in [0.05, 0.1) is 33.0 Å². The number of benzene rings is 2. The molecule has 0 aromatic heterocycles. The normalized spacial score (nSPS) is 20.3. The Hall–Kier alpha value is -2.52. The van der Waals surface area contributed by atoms with E-state index in [9.17, 15) is 4.79 Å². The SMILES string of the molecule is CCN(CC)C(=S)O[C@H]1C[C@H](C(OCc2ccccc2)C(=O)OC)O[C@@H]1COCc1ccccc1. The third-order valence-corrected chi connectivity index (χ3v) is 6.29. The molecule has 0 spiro atoms. The zero-order valence-electron chi connectivity index (χ0n) is 20.6. The Bertz CT molecular complexity index is 908. The van der Waals surface area contributed by atoms with Gasteiger partial charge in [0, 0.05) is 19.5 Å². The van der Waals surface area contributed by atoms with Crippen molar-refractivity contribution in [3.05, 3.63) is 71.8 Å². The molecule has 0 N–H and O–H groups in total. The fourth-order valence-corrected chi connectivity index (χ4v) is 4.35. The molecular weight excluding hydrogens is 466 g/mol. The summed E-state index contributed by atoms with van der Waals surface area (Å²) >= 11 is 5.53. The molecule has 7 nitrogen and oxygen atoms in total. The summed E-state index contributed by atoms with van der Waals surface area (Å²) in [5, 5.41) is 0.414. The van der Waals surface area contributed by atoms with Crippen LogP contribution in [0.25, 0.3) is 0 Å². The minimum Gasteiger partial charge on any atom is -0.467 e. The molecule has 1 unspecified atom stereocenters. The second-order valence-corrected chi connectivity index (χ2v) is 8.63. The highest BCUT2D eigenvalue weighted by Gasteiger charge is 2.45. The molecule has 8 heteroatoms. The quantitative estimate of drug-likeness (QED) is 0.318. The Labute approximate surface area is 213 Å². The van der Waals surface area contributed by atoms with E-state index in [1.54, 1.807) is 0 Å². The molecule has 1 aliphatic rings. The van der Waals surface area contributed by atoms with E-state index in [-0.39, 0.29) is 12.7 Å². The van der Waals surface area contributed by atoms with Gasteiger partial charge in [-0.1, -0.05) is 60.7 Å². The number of hydrogen-bond donors (Lipinski definition) is 0. The Morgan fingerprint density at radius 1 is 1.03 bits per heavy atom. The Balaban J connectivity index is 1.69. The van der Waals surface area contributed by atoms with Crippen molar-refractivity contribution in [3.8, 4) is 0 Å². The number of thiocarbonyl (C=S) groups is 1. The molecule has 1 heterocycles. The van der Waals surface area contributed by atoms with Crippen molar-refractivity contribution in [1.82, 2.24) is 4.90 Å². The van der Waals surface area contributed by atoms with E-state index in [0.717, 1.165) is 24.2 Å². The number of esters is 1. The average Bonchev–Trinajstić information content (AvgIpc) is 3.27. The van der Waals surface area contributed by atoms with Crippen LogP contribution < -0.4 is 0 Å². The molecule has 0 bridgehead atoms. The summed E-state index contributed by atoms with van der Waals surface area (Å²) in [6, 6.07) is 19.6. The van der Waals surface area contributed by atoms with Gasteiger partial charge in [0.2, 0.25) is 0 Å². The maximum Gasteiger partial charge on any atom is 0.337 e. The predicted octanol–water partition coefficient (Wildman–Crippen LogP) is 4.13. The highest BCUT2D eigenvalue weighted by molar-refractivity contribution is 7.80. The highest BCUT2D eigenvalue weighted by Crippen LogP contribution is 2.29. The summed E-state index contributed by atoms with van der Waals surface area (Å²) in [5.41, 5.74) is 2.02. The van der Waals surface area contributed by atoms with Gasteiger partial charge in [-0.25, -0.2) is 4.79 Å². The lowest BCUT2D eigenvalue weighted by molar-refractivity contribution is -0.167. The molecule has 1 aliphatic heterocycles. The third kappa shape index (κ3) is 8.00. The summed E-state index contributed by atoms with van der Waals surface area (Å²) in [7, 11) is 1.35. The van der Waals surface area contributed by atoms with Crippen LogP contribution in [0.2, 0.25) is 0 Å². The van der Waals surface area contributed by atoms with Crippen molar-refractivity contribution in [2.24, 2.45) is 0 Å². The number of ether oxygens (including phenoxy) is 5. The highest BCUT2D eigenvalue weighted by atomic mass is 32.1. The lowest BCUT2D eigenvalue weighted by Crippen LogP contribution is -2.38. The number of carbonyl (C=O) groups is 1. The monoisotopic (exact) mass is 501 g/mol. The molecule has 1 fully saturated rings. The molecule has 190 valence electrons. The van der Waals surface area contributed by atoms with E-state index < -0.39 is 24.3 Å². The van der Waals surface area contributed by atoms with Gasteiger partial charge in [-0.15, -0.1) is 0 Å². The van der Waals surface area contributed by atoms with E-state index in [1.807, 2.05) is 79.4 Å². The van der Waals surface area contributed by atoms with Crippen LogP contribution >= 0.6 is 12.2 Å². The lowest BCUT2D eigenvalue weighted by atomic mass is 10.1. The molecule has 1 saturated heterocycles. The summed E-state index contributed by atoms with van der Waals surface area (Å²) in [5.74, 6) is -0.484. The van der Waals surface area contributed by atoms with Gasteiger partial charge in [0.25, 0.3) is 5.17 Å².